The zero-order chi connectivity index (χ0) is 20.2. The number of para-hydroxylation sites is 1. The van der Waals surface area contributed by atoms with Crippen LogP contribution in [0.4, 0.5) is 5.69 Å². The number of nitrogens with one attached hydrogen (secondary N) is 2. The van der Waals surface area contributed by atoms with Crippen LogP contribution in [0.5, 0.6) is 0 Å². The van der Waals surface area contributed by atoms with Crippen molar-refractivity contribution in [1.29, 1.82) is 0 Å². The average Bonchev–Trinajstić information content (AvgIpc) is 3.36. The first-order valence-electron chi connectivity index (χ1n) is 9.50. The molecule has 2 atom stereocenters. The van der Waals surface area contributed by atoms with Crippen molar-refractivity contribution < 1.29 is 9.21 Å². The standard InChI is InChI=1S/C22H22N4O2S/c1-15-7-2-3-8-16(15)24-19(27)11-13-26-21(18-10-6-14-28-18)20(25-22(26)29)17-9-4-5-12-23-17/h2-10,12,14,20-21H,11,13H2,1H3,(H,24,27)(H,25,29)/t20-,21+/m1/s1. The molecule has 0 aliphatic carbocycles. The summed E-state index contributed by atoms with van der Waals surface area (Å²) in [6.45, 7) is 2.44. The van der Waals surface area contributed by atoms with E-state index in [1.807, 2.05) is 66.4 Å². The molecule has 0 bridgehead atoms. The van der Waals surface area contributed by atoms with E-state index < -0.39 is 0 Å². The smallest absolute Gasteiger partial charge is 0.226 e. The van der Waals surface area contributed by atoms with Gasteiger partial charge in [-0.15, -0.1) is 0 Å². The van der Waals surface area contributed by atoms with E-state index in [1.54, 1.807) is 12.5 Å². The van der Waals surface area contributed by atoms with E-state index in [1.165, 1.54) is 0 Å². The number of carbonyl (C=O) groups is 1. The van der Waals surface area contributed by atoms with Crippen LogP contribution < -0.4 is 10.6 Å². The van der Waals surface area contributed by atoms with Gasteiger partial charge in [0.15, 0.2) is 5.11 Å². The number of hydrogen-bond acceptors (Lipinski definition) is 4. The first-order valence-corrected chi connectivity index (χ1v) is 9.91. The molecule has 29 heavy (non-hydrogen) atoms. The molecule has 7 heteroatoms. The monoisotopic (exact) mass is 406 g/mol. The quantitative estimate of drug-likeness (QED) is 0.604. The van der Waals surface area contributed by atoms with E-state index in [2.05, 4.69) is 15.6 Å². The molecule has 3 heterocycles. The lowest BCUT2D eigenvalue weighted by atomic mass is 10.0. The minimum absolute atomic E-state index is 0.0541. The third-order valence-corrected chi connectivity index (χ3v) is 5.38. The first-order chi connectivity index (χ1) is 14.1. The summed E-state index contributed by atoms with van der Waals surface area (Å²) in [5, 5.41) is 6.91. The number of hydrogen-bond donors (Lipinski definition) is 2. The third kappa shape index (κ3) is 4.14. The van der Waals surface area contributed by atoms with E-state index in [4.69, 9.17) is 16.6 Å². The molecule has 1 aliphatic heterocycles. The molecular weight excluding hydrogens is 384 g/mol. The molecule has 0 unspecified atom stereocenters. The normalized spacial score (nSPS) is 18.5. The van der Waals surface area contributed by atoms with Crippen molar-refractivity contribution in [2.45, 2.75) is 25.4 Å². The Morgan fingerprint density at radius 1 is 1.21 bits per heavy atom. The van der Waals surface area contributed by atoms with Gasteiger partial charge in [-0.1, -0.05) is 24.3 Å². The van der Waals surface area contributed by atoms with Crippen LogP contribution in [0.25, 0.3) is 0 Å². The molecule has 1 saturated heterocycles. The number of benzene rings is 1. The molecule has 4 rings (SSSR count). The molecule has 2 aromatic heterocycles. The Kier molecular flexibility index (Phi) is 5.57. The third-order valence-electron chi connectivity index (χ3n) is 5.03. The van der Waals surface area contributed by atoms with Gasteiger partial charge in [0.25, 0.3) is 0 Å². The SMILES string of the molecule is Cc1ccccc1NC(=O)CCN1C(=S)N[C@H](c2ccccn2)[C@@H]1c1ccco1. The molecule has 148 valence electrons. The van der Waals surface area contributed by atoms with Crippen LogP contribution in [0.15, 0.2) is 71.5 Å². The number of nitrogens with zero attached hydrogens (tertiary/aromatic N) is 2. The van der Waals surface area contributed by atoms with Crippen molar-refractivity contribution in [3.63, 3.8) is 0 Å². The Balaban J connectivity index is 1.50. The molecule has 1 aliphatic rings. The van der Waals surface area contributed by atoms with Gasteiger partial charge in [0, 0.05) is 24.8 Å². The number of thiocarbonyl (C=S) groups is 1. The highest BCUT2D eigenvalue weighted by atomic mass is 32.1. The van der Waals surface area contributed by atoms with Crippen LogP contribution in [0, 0.1) is 6.92 Å². The molecule has 3 aromatic rings. The summed E-state index contributed by atoms with van der Waals surface area (Å²) >= 11 is 5.58. The lowest BCUT2D eigenvalue weighted by molar-refractivity contribution is -0.116. The van der Waals surface area contributed by atoms with E-state index in [9.17, 15) is 4.79 Å². The second-order valence-electron chi connectivity index (χ2n) is 6.95. The van der Waals surface area contributed by atoms with Crippen molar-refractivity contribution >= 4 is 28.9 Å². The van der Waals surface area contributed by atoms with Gasteiger partial charge < -0.3 is 20.0 Å². The van der Waals surface area contributed by atoms with Gasteiger partial charge >= 0.3 is 0 Å². The molecule has 1 amide bonds. The molecular formula is C22H22N4O2S. The summed E-state index contributed by atoms with van der Waals surface area (Å²) in [5.41, 5.74) is 2.74. The van der Waals surface area contributed by atoms with Gasteiger partial charge in [0.2, 0.25) is 5.91 Å². The molecule has 1 aromatic carbocycles. The molecule has 1 fully saturated rings. The van der Waals surface area contributed by atoms with E-state index in [0.717, 1.165) is 22.7 Å². The van der Waals surface area contributed by atoms with E-state index in [-0.39, 0.29) is 18.0 Å². The number of aryl methyl sites for hydroxylation is 1. The second-order valence-corrected chi connectivity index (χ2v) is 7.34. The van der Waals surface area contributed by atoms with Crippen molar-refractivity contribution in [3.8, 4) is 0 Å². The Labute approximate surface area is 174 Å². The van der Waals surface area contributed by atoms with Gasteiger partial charge in [-0.3, -0.25) is 9.78 Å². The Bertz CT molecular complexity index is 991. The fraction of sp³-hybridized carbons (Fsp3) is 0.227. The first kappa shape index (κ1) is 19.1. The fourth-order valence-corrected chi connectivity index (χ4v) is 3.89. The number of rotatable bonds is 6. The number of pyridine rings is 1. The molecule has 0 spiro atoms. The molecule has 2 N–H and O–H groups in total. The molecule has 6 nitrogen and oxygen atoms in total. The van der Waals surface area contributed by atoms with Gasteiger partial charge in [-0.05, 0) is 55.0 Å². The lowest BCUT2D eigenvalue weighted by Gasteiger charge is -2.25. The zero-order valence-corrected chi connectivity index (χ0v) is 16.9. The highest BCUT2D eigenvalue weighted by Gasteiger charge is 2.41. The zero-order valence-electron chi connectivity index (χ0n) is 16.0. The number of furan rings is 1. The van der Waals surface area contributed by atoms with Crippen molar-refractivity contribution in [2.75, 3.05) is 11.9 Å². The minimum Gasteiger partial charge on any atom is -0.467 e. The summed E-state index contributed by atoms with van der Waals surface area (Å²) in [7, 11) is 0. The molecule has 0 radical (unpaired) electrons. The van der Waals surface area contributed by atoms with Crippen molar-refractivity contribution in [3.05, 3.63) is 84.1 Å². The average molecular weight is 407 g/mol. The van der Waals surface area contributed by atoms with E-state index >= 15 is 0 Å². The fourth-order valence-electron chi connectivity index (χ4n) is 3.56. The number of aromatic nitrogens is 1. The second kappa shape index (κ2) is 8.45. The summed E-state index contributed by atoms with van der Waals surface area (Å²) in [4.78, 5) is 19.0. The summed E-state index contributed by atoms with van der Waals surface area (Å²) in [5.74, 6) is 0.730. The van der Waals surface area contributed by atoms with Crippen LogP contribution >= 0.6 is 12.2 Å². The maximum absolute atomic E-state index is 12.5. The van der Waals surface area contributed by atoms with Crippen LogP contribution in [0.3, 0.4) is 0 Å². The predicted molar refractivity (Wildman–Crippen MR) is 115 cm³/mol. The highest BCUT2D eigenvalue weighted by Crippen LogP contribution is 2.38. The predicted octanol–water partition coefficient (Wildman–Crippen LogP) is 3.98. The summed E-state index contributed by atoms with van der Waals surface area (Å²) in [6, 6.07) is 17.0. The van der Waals surface area contributed by atoms with Crippen LogP contribution in [0.1, 0.15) is 35.5 Å². The van der Waals surface area contributed by atoms with Gasteiger partial charge in [0.1, 0.15) is 11.8 Å². The van der Waals surface area contributed by atoms with Gasteiger partial charge in [0.05, 0.1) is 18.0 Å². The lowest BCUT2D eigenvalue weighted by Crippen LogP contribution is -2.32. The van der Waals surface area contributed by atoms with Gasteiger partial charge in [-0.2, -0.15) is 0 Å². The number of amides is 1. The maximum Gasteiger partial charge on any atom is 0.226 e. The van der Waals surface area contributed by atoms with Crippen LogP contribution in [0.2, 0.25) is 0 Å². The largest absolute Gasteiger partial charge is 0.467 e. The van der Waals surface area contributed by atoms with Crippen LogP contribution in [-0.2, 0) is 4.79 Å². The number of anilines is 1. The maximum atomic E-state index is 12.5. The van der Waals surface area contributed by atoms with E-state index in [0.29, 0.717) is 18.1 Å². The van der Waals surface area contributed by atoms with Crippen molar-refractivity contribution in [1.82, 2.24) is 15.2 Å². The summed E-state index contributed by atoms with van der Waals surface area (Å²) < 4.78 is 5.70. The van der Waals surface area contributed by atoms with Crippen molar-refractivity contribution in [2.24, 2.45) is 0 Å². The topological polar surface area (TPSA) is 70.4 Å². The number of carbonyl (C=O) groups excluding carboxylic acids is 1. The Morgan fingerprint density at radius 3 is 2.76 bits per heavy atom. The highest BCUT2D eigenvalue weighted by molar-refractivity contribution is 7.80. The Morgan fingerprint density at radius 2 is 2.03 bits per heavy atom. The summed E-state index contributed by atoms with van der Waals surface area (Å²) in [6.07, 6.45) is 3.72. The van der Waals surface area contributed by atoms with Gasteiger partial charge in [-0.25, -0.2) is 0 Å². The molecule has 0 saturated carbocycles. The van der Waals surface area contributed by atoms with Crippen LogP contribution in [-0.4, -0.2) is 27.4 Å². The minimum atomic E-state index is -0.168. The Hall–Kier alpha value is -3.19.